The van der Waals surface area contributed by atoms with Gasteiger partial charge in [-0.1, -0.05) is 38.3 Å². The molecule has 5 nitrogen and oxygen atoms in total. The number of Topliss-reactive ketones (excluding diaryl/α,β-unsaturated/α-hetero) is 1. The smallest absolute Gasteiger partial charge is 0.330 e. The number of rotatable bonds is 14. The Morgan fingerprint density at radius 3 is 2.61 bits per heavy atom. The lowest BCUT2D eigenvalue weighted by Gasteiger charge is -2.26. The summed E-state index contributed by atoms with van der Waals surface area (Å²) < 4.78 is 4.55. The summed E-state index contributed by atoms with van der Waals surface area (Å²) in [6.07, 6.45) is 12.7. The molecule has 0 aromatic carbocycles. The van der Waals surface area contributed by atoms with E-state index in [0.717, 1.165) is 51.4 Å². The summed E-state index contributed by atoms with van der Waals surface area (Å²) in [6, 6.07) is 0. The van der Waals surface area contributed by atoms with Crippen LogP contribution < -0.4 is 0 Å². The number of allylic oxidation sites excluding steroid dienone is 1. The Kier molecular flexibility index (Phi) is 11.3. The number of aliphatic hydroxyl groups is 2. The van der Waals surface area contributed by atoms with Crippen LogP contribution in [-0.2, 0) is 14.3 Å². The quantitative estimate of drug-likeness (QED) is 0.200. The summed E-state index contributed by atoms with van der Waals surface area (Å²) >= 11 is 0. The minimum atomic E-state index is -0.842. The average Bonchev–Trinajstić information content (AvgIpc) is 2.95. The zero-order valence-corrected chi connectivity index (χ0v) is 17.6. The Balaban J connectivity index is 2.44. The van der Waals surface area contributed by atoms with Gasteiger partial charge in [0.2, 0.25) is 0 Å². The van der Waals surface area contributed by atoms with Gasteiger partial charge in [-0.15, -0.1) is 6.58 Å². The van der Waals surface area contributed by atoms with E-state index in [4.69, 9.17) is 0 Å². The Morgan fingerprint density at radius 2 is 1.96 bits per heavy atom. The molecule has 0 bridgehead atoms. The van der Waals surface area contributed by atoms with Crippen LogP contribution in [0.15, 0.2) is 24.8 Å². The van der Waals surface area contributed by atoms with Crippen LogP contribution in [0.4, 0.5) is 0 Å². The third kappa shape index (κ3) is 8.27. The lowest BCUT2D eigenvalue weighted by molar-refractivity contribution is -0.134. The molecule has 1 saturated carbocycles. The Bertz CT molecular complexity index is 527. The first-order chi connectivity index (χ1) is 13.4. The molecule has 160 valence electrons. The lowest BCUT2D eigenvalue weighted by atomic mass is 9.83. The van der Waals surface area contributed by atoms with Gasteiger partial charge >= 0.3 is 5.97 Å². The molecule has 0 unspecified atom stereocenters. The maximum absolute atomic E-state index is 12.3. The topological polar surface area (TPSA) is 83.8 Å². The molecule has 0 amide bonds. The molecular formula is C23H38O5. The molecule has 1 rings (SSSR count). The predicted octanol–water partition coefficient (Wildman–Crippen LogP) is 4.12. The van der Waals surface area contributed by atoms with Gasteiger partial charge in [0.05, 0.1) is 18.8 Å². The third-order valence-corrected chi connectivity index (χ3v) is 5.92. The fraction of sp³-hybridized carbons (Fsp3) is 0.739. The molecule has 1 aliphatic rings. The summed E-state index contributed by atoms with van der Waals surface area (Å²) in [4.78, 5) is 23.3. The molecule has 0 spiro atoms. The van der Waals surface area contributed by atoms with Crippen LogP contribution in [0.2, 0.25) is 0 Å². The molecule has 28 heavy (non-hydrogen) atoms. The highest BCUT2D eigenvalue weighted by Gasteiger charge is 2.40. The zero-order valence-electron chi connectivity index (χ0n) is 17.6. The van der Waals surface area contributed by atoms with E-state index in [1.54, 1.807) is 12.2 Å². The molecule has 5 heteroatoms. The monoisotopic (exact) mass is 394 g/mol. The molecule has 1 fully saturated rings. The molecule has 1 aliphatic carbocycles. The normalized spacial score (nSPS) is 24.4. The highest BCUT2D eigenvalue weighted by molar-refractivity contribution is 5.84. The summed E-state index contributed by atoms with van der Waals surface area (Å²) in [7, 11) is 1.35. The second-order valence-corrected chi connectivity index (χ2v) is 8.02. The number of ketones is 1. The van der Waals surface area contributed by atoms with E-state index in [1.165, 1.54) is 13.2 Å². The largest absolute Gasteiger partial charge is 0.466 e. The summed E-state index contributed by atoms with van der Waals surface area (Å²) in [6.45, 7) is 5.87. The van der Waals surface area contributed by atoms with Gasteiger partial charge in [-0.2, -0.15) is 0 Å². The van der Waals surface area contributed by atoms with Crippen molar-refractivity contribution in [3.63, 3.8) is 0 Å². The lowest BCUT2D eigenvalue weighted by Crippen LogP contribution is -2.27. The molecule has 0 aromatic heterocycles. The van der Waals surface area contributed by atoms with Crippen LogP contribution in [0.5, 0.6) is 0 Å². The first kappa shape index (κ1) is 24.6. The van der Waals surface area contributed by atoms with Crippen LogP contribution in [0.25, 0.3) is 0 Å². The van der Waals surface area contributed by atoms with Crippen molar-refractivity contribution in [1.82, 2.24) is 0 Å². The van der Waals surface area contributed by atoms with Gasteiger partial charge in [-0.3, -0.25) is 4.79 Å². The third-order valence-electron chi connectivity index (χ3n) is 5.92. The summed E-state index contributed by atoms with van der Waals surface area (Å²) in [5, 5.41) is 20.9. The van der Waals surface area contributed by atoms with Gasteiger partial charge in [-0.05, 0) is 50.9 Å². The predicted molar refractivity (Wildman–Crippen MR) is 111 cm³/mol. The van der Waals surface area contributed by atoms with Gasteiger partial charge in [0.25, 0.3) is 0 Å². The van der Waals surface area contributed by atoms with Crippen LogP contribution in [-0.4, -0.2) is 40.8 Å². The van der Waals surface area contributed by atoms with Crippen LogP contribution in [0, 0.1) is 11.8 Å². The van der Waals surface area contributed by atoms with E-state index < -0.39 is 11.7 Å². The first-order valence-electron chi connectivity index (χ1n) is 10.7. The number of hydrogen-bond donors (Lipinski definition) is 2. The van der Waals surface area contributed by atoms with Crippen molar-refractivity contribution in [1.29, 1.82) is 0 Å². The van der Waals surface area contributed by atoms with Crippen LogP contribution in [0.1, 0.15) is 77.6 Å². The van der Waals surface area contributed by atoms with E-state index in [9.17, 15) is 19.8 Å². The van der Waals surface area contributed by atoms with E-state index in [1.807, 2.05) is 0 Å². The fourth-order valence-corrected chi connectivity index (χ4v) is 4.11. The zero-order chi connectivity index (χ0) is 21.0. The molecule has 4 atom stereocenters. The van der Waals surface area contributed by atoms with Gasteiger partial charge in [0.1, 0.15) is 5.78 Å². The second-order valence-electron chi connectivity index (χ2n) is 8.02. The average molecular weight is 395 g/mol. The molecule has 0 radical (unpaired) electrons. The van der Waals surface area contributed by atoms with Crippen molar-refractivity contribution in [3.8, 4) is 0 Å². The van der Waals surface area contributed by atoms with Gasteiger partial charge < -0.3 is 14.9 Å². The first-order valence-corrected chi connectivity index (χ1v) is 10.7. The maximum atomic E-state index is 12.3. The molecule has 0 saturated heterocycles. The van der Waals surface area contributed by atoms with E-state index in [-0.39, 0.29) is 30.0 Å². The minimum Gasteiger partial charge on any atom is -0.466 e. The second kappa shape index (κ2) is 12.9. The van der Waals surface area contributed by atoms with E-state index in [0.29, 0.717) is 12.8 Å². The Labute approximate surface area is 169 Å². The van der Waals surface area contributed by atoms with Crippen LogP contribution in [0.3, 0.4) is 0 Å². The van der Waals surface area contributed by atoms with Crippen molar-refractivity contribution in [2.45, 2.75) is 89.3 Å². The van der Waals surface area contributed by atoms with Gasteiger partial charge in [0, 0.05) is 18.4 Å². The molecule has 0 aromatic rings. The highest BCUT2D eigenvalue weighted by atomic mass is 16.5. The molecule has 0 aliphatic heterocycles. The maximum Gasteiger partial charge on any atom is 0.330 e. The number of carbonyl (C=O) groups is 2. The van der Waals surface area contributed by atoms with Crippen molar-refractivity contribution in [2.75, 3.05) is 7.11 Å². The molecule has 2 N–H and O–H groups in total. The van der Waals surface area contributed by atoms with Crippen molar-refractivity contribution < 1.29 is 24.5 Å². The minimum absolute atomic E-state index is 0.0154. The van der Waals surface area contributed by atoms with Gasteiger partial charge in [0.15, 0.2) is 0 Å². The van der Waals surface area contributed by atoms with E-state index in [2.05, 4.69) is 18.2 Å². The van der Waals surface area contributed by atoms with E-state index >= 15 is 0 Å². The number of aliphatic hydroxyl groups excluding tert-OH is 1. The Hall–Kier alpha value is -1.46. The standard InChI is InChI=1S/C23H38O5/c1-4-6-15-23(27,5-2)16-11-13-19-18(20(24)17-21(19)25)12-9-7-8-10-14-22(26)28-3/h5,10,14,18-19,21,25,27H,2,4,6-9,11-13,15-17H2,1,3H3/t18-,19-,21-,23+/m1/s1. The molecule has 0 heterocycles. The van der Waals surface area contributed by atoms with Crippen LogP contribution >= 0.6 is 0 Å². The number of esters is 1. The van der Waals surface area contributed by atoms with Crippen molar-refractivity contribution in [3.05, 3.63) is 24.8 Å². The highest BCUT2D eigenvalue weighted by Crippen LogP contribution is 2.37. The number of carbonyl (C=O) groups excluding carboxylic acids is 2. The SMILES string of the molecule is C=C[C@](O)(CCCC)CCC[C@H]1[C@H](O)CC(=O)[C@@H]1CCCCC=CC(=O)OC. The Morgan fingerprint density at radius 1 is 1.25 bits per heavy atom. The number of unbranched alkanes of at least 4 members (excludes halogenated alkanes) is 3. The van der Waals surface area contributed by atoms with Crippen molar-refractivity contribution >= 4 is 11.8 Å². The summed E-state index contributed by atoms with van der Waals surface area (Å²) in [5.74, 6) is -0.300. The van der Waals surface area contributed by atoms with Gasteiger partial charge in [-0.25, -0.2) is 4.79 Å². The summed E-state index contributed by atoms with van der Waals surface area (Å²) in [5.41, 5.74) is -0.842. The molecular weight excluding hydrogens is 356 g/mol. The number of hydrogen-bond acceptors (Lipinski definition) is 5. The number of ether oxygens (including phenoxy) is 1. The van der Waals surface area contributed by atoms with Crippen molar-refractivity contribution in [2.24, 2.45) is 11.8 Å². The fourth-order valence-electron chi connectivity index (χ4n) is 4.11. The number of methoxy groups -OCH3 is 1.